The van der Waals surface area contributed by atoms with Gasteiger partial charge in [-0.15, -0.1) is 11.3 Å². The monoisotopic (exact) mass is 323 g/mol. The van der Waals surface area contributed by atoms with Gasteiger partial charge in [-0.25, -0.2) is 4.39 Å². The molecule has 3 aromatic rings. The summed E-state index contributed by atoms with van der Waals surface area (Å²) in [6, 6.07) is 7.48. The van der Waals surface area contributed by atoms with Crippen LogP contribution >= 0.6 is 22.9 Å². The van der Waals surface area contributed by atoms with Crippen LogP contribution in [0.2, 0.25) is 4.34 Å². The van der Waals surface area contributed by atoms with E-state index in [1.807, 2.05) is 0 Å². The lowest BCUT2D eigenvalue weighted by Crippen LogP contribution is -2.17. The summed E-state index contributed by atoms with van der Waals surface area (Å²) < 4.78 is 15.3. The molecule has 3 nitrogen and oxygen atoms in total. The third-order valence-electron chi connectivity index (χ3n) is 3.23. The fourth-order valence-corrected chi connectivity index (χ4v) is 3.42. The number of benzene rings is 1. The second kappa shape index (κ2) is 5.26. The van der Waals surface area contributed by atoms with Gasteiger partial charge in [0.15, 0.2) is 0 Å². The first-order valence-corrected chi connectivity index (χ1v) is 7.45. The molecule has 0 unspecified atom stereocenters. The minimum absolute atomic E-state index is 0.288. The van der Waals surface area contributed by atoms with Crippen molar-refractivity contribution in [2.75, 3.05) is 0 Å². The molecular weight excluding hydrogens is 313 g/mol. The molecule has 2 aromatic heterocycles. The van der Waals surface area contributed by atoms with Crippen LogP contribution in [0, 0.1) is 5.82 Å². The Bertz CT molecular complexity index is 885. The number of halogens is 2. The minimum atomic E-state index is -0.846. The van der Waals surface area contributed by atoms with Crippen molar-refractivity contribution in [3.8, 4) is 11.1 Å². The molecule has 0 aliphatic rings. The fraction of sp³-hybridized carbons (Fsp3) is 0.133. The molecule has 0 saturated carbocycles. The Hall–Kier alpha value is -1.69. The lowest BCUT2D eigenvalue weighted by Gasteiger charge is -2.12. The molecule has 0 aliphatic carbocycles. The van der Waals surface area contributed by atoms with E-state index < -0.39 is 11.9 Å². The van der Waals surface area contributed by atoms with E-state index in [-0.39, 0.29) is 11.1 Å². The number of fused-ring (bicyclic) bond motifs is 1. The summed E-state index contributed by atoms with van der Waals surface area (Å²) >= 11 is 7.19. The van der Waals surface area contributed by atoms with Crippen LogP contribution in [0.15, 0.2) is 41.3 Å². The number of thiazole rings is 1. The van der Waals surface area contributed by atoms with E-state index in [0.717, 1.165) is 0 Å². The van der Waals surface area contributed by atoms with Crippen LogP contribution in [-0.4, -0.2) is 9.51 Å². The van der Waals surface area contributed by atoms with Crippen molar-refractivity contribution in [1.82, 2.24) is 4.40 Å². The maximum Gasteiger partial charge on any atom is 0.264 e. The summed E-state index contributed by atoms with van der Waals surface area (Å²) in [5.41, 5.74) is 0.866. The molecular formula is C15H11ClFNO2S. The summed E-state index contributed by atoms with van der Waals surface area (Å²) in [6.45, 7) is 1.57. The number of aliphatic hydroxyl groups is 1. The van der Waals surface area contributed by atoms with E-state index in [9.17, 15) is 14.3 Å². The largest absolute Gasteiger partial charge is 0.389 e. The van der Waals surface area contributed by atoms with Gasteiger partial charge in [-0.2, -0.15) is 0 Å². The van der Waals surface area contributed by atoms with Crippen molar-refractivity contribution in [1.29, 1.82) is 0 Å². The highest BCUT2D eigenvalue weighted by atomic mass is 35.5. The number of rotatable bonds is 2. The first kappa shape index (κ1) is 14.3. The second-order valence-corrected chi connectivity index (χ2v) is 6.40. The van der Waals surface area contributed by atoms with Gasteiger partial charge >= 0.3 is 0 Å². The summed E-state index contributed by atoms with van der Waals surface area (Å²) in [4.78, 5) is 13.3. The number of nitrogens with zero attached hydrogens (tertiary/aromatic N) is 1. The maximum atomic E-state index is 13.4. The molecule has 0 spiro atoms. The van der Waals surface area contributed by atoms with Crippen LogP contribution in [0.3, 0.4) is 0 Å². The Morgan fingerprint density at radius 3 is 2.81 bits per heavy atom. The third-order valence-corrected chi connectivity index (χ3v) is 4.39. The molecule has 6 heteroatoms. The molecule has 1 atom stereocenters. The standard InChI is InChI=1S/C15H11ClFNO2S/c1-8(19)11-6-13-18(7-12(16)21-13)15(20)14(11)9-3-2-4-10(17)5-9/h2-8,19H,1H3/t8-/m0/s1. The van der Waals surface area contributed by atoms with E-state index in [4.69, 9.17) is 11.6 Å². The number of pyridine rings is 1. The Morgan fingerprint density at radius 1 is 1.38 bits per heavy atom. The van der Waals surface area contributed by atoms with E-state index in [1.165, 1.54) is 40.1 Å². The van der Waals surface area contributed by atoms with E-state index >= 15 is 0 Å². The quantitative estimate of drug-likeness (QED) is 0.777. The SMILES string of the molecule is C[C@H](O)c1cc2sc(Cl)cn2c(=O)c1-c1cccc(F)c1. The molecule has 0 fully saturated rings. The zero-order chi connectivity index (χ0) is 15.1. The Morgan fingerprint density at radius 2 is 2.14 bits per heavy atom. The highest BCUT2D eigenvalue weighted by Gasteiger charge is 2.18. The van der Waals surface area contributed by atoms with Gasteiger partial charge in [0, 0.05) is 6.20 Å². The predicted octanol–water partition coefficient (Wildman–Crippen LogP) is 3.87. The fourth-order valence-electron chi connectivity index (χ4n) is 2.31. The summed E-state index contributed by atoms with van der Waals surface area (Å²) in [5, 5.41) is 9.96. The van der Waals surface area contributed by atoms with Gasteiger partial charge in [0.05, 0.1) is 11.7 Å². The summed E-state index contributed by atoms with van der Waals surface area (Å²) in [5.74, 6) is -0.433. The minimum Gasteiger partial charge on any atom is -0.389 e. The molecule has 2 heterocycles. The summed E-state index contributed by atoms with van der Waals surface area (Å²) in [7, 11) is 0. The van der Waals surface area contributed by atoms with Crippen molar-refractivity contribution >= 4 is 27.8 Å². The molecule has 1 aromatic carbocycles. The Balaban J connectivity index is 2.41. The third kappa shape index (κ3) is 2.48. The molecule has 21 heavy (non-hydrogen) atoms. The van der Waals surface area contributed by atoms with Crippen LogP contribution in [0.4, 0.5) is 4.39 Å². The van der Waals surface area contributed by atoms with Crippen LogP contribution < -0.4 is 5.56 Å². The van der Waals surface area contributed by atoms with Gasteiger partial charge < -0.3 is 5.11 Å². The molecule has 0 saturated heterocycles. The van der Waals surface area contributed by atoms with Crippen LogP contribution in [0.1, 0.15) is 18.6 Å². The van der Waals surface area contributed by atoms with Crippen molar-refractivity contribution in [2.24, 2.45) is 0 Å². The highest BCUT2D eigenvalue weighted by Crippen LogP contribution is 2.30. The first-order chi connectivity index (χ1) is 9.97. The van der Waals surface area contributed by atoms with Crippen LogP contribution in [0.25, 0.3) is 16.0 Å². The van der Waals surface area contributed by atoms with Gasteiger partial charge in [-0.3, -0.25) is 9.20 Å². The van der Waals surface area contributed by atoms with Crippen molar-refractivity contribution < 1.29 is 9.50 Å². The smallest absolute Gasteiger partial charge is 0.264 e. The van der Waals surface area contributed by atoms with Gasteiger partial charge in [0.1, 0.15) is 15.0 Å². The summed E-state index contributed by atoms with van der Waals surface area (Å²) in [6.07, 6.45) is 0.681. The predicted molar refractivity (Wildman–Crippen MR) is 82.6 cm³/mol. The van der Waals surface area contributed by atoms with Crippen LogP contribution in [-0.2, 0) is 0 Å². The topological polar surface area (TPSA) is 41.7 Å². The highest BCUT2D eigenvalue weighted by molar-refractivity contribution is 7.21. The second-order valence-electron chi connectivity index (χ2n) is 4.71. The molecule has 108 valence electrons. The molecule has 0 bridgehead atoms. The average Bonchev–Trinajstić information content (AvgIpc) is 2.79. The molecule has 3 rings (SSSR count). The van der Waals surface area contributed by atoms with Crippen molar-refractivity contribution in [3.05, 3.63) is 62.6 Å². The zero-order valence-corrected chi connectivity index (χ0v) is 12.6. The first-order valence-electron chi connectivity index (χ1n) is 6.26. The lowest BCUT2D eigenvalue weighted by molar-refractivity contribution is 0.200. The van der Waals surface area contributed by atoms with Gasteiger partial charge in [0.25, 0.3) is 5.56 Å². The number of hydrogen-bond donors (Lipinski definition) is 1. The maximum absolute atomic E-state index is 13.4. The number of aliphatic hydroxyl groups excluding tert-OH is 1. The molecule has 1 N–H and O–H groups in total. The van der Waals surface area contributed by atoms with E-state index in [2.05, 4.69) is 0 Å². The lowest BCUT2D eigenvalue weighted by atomic mass is 9.98. The number of aromatic nitrogens is 1. The van der Waals surface area contributed by atoms with E-state index in [1.54, 1.807) is 19.1 Å². The average molecular weight is 324 g/mol. The number of hydrogen-bond acceptors (Lipinski definition) is 3. The van der Waals surface area contributed by atoms with Gasteiger partial charge in [0.2, 0.25) is 0 Å². The normalized spacial score (nSPS) is 12.8. The Labute approximate surface area is 128 Å². The Kier molecular flexibility index (Phi) is 3.57. The van der Waals surface area contributed by atoms with Gasteiger partial charge in [-0.1, -0.05) is 23.7 Å². The molecule has 0 aliphatic heterocycles. The van der Waals surface area contributed by atoms with Crippen molar-refractivity contribution in [3.63, 3.8) is 0 Å². The molecule has 0 radical (unpaired) electrons. The van der Waals surface area contributed by atoms with Gasteiger partial charge in [-0.05, 0) is 36.2 Å². The zero-order valence-electron chi connectivity index (χ0n) is 11.0. The molecule has 0 amide bonds. The van der Waals surface area contributed by atoms with Crippen molar-refractivity contribution in [2.45, 2.75) is 13.0 Å². The van der Waals surface area contributed by atoms with E-state index in [0.29, 0.717) is 20.3 Å². The van der Waals surface area contributed by atoms with Crippen LogP contribution in [0.5, 0.6) is 0 Å².